The molecule has 0 N–H and O–H groups in total. The maximum absolute atomic E-state index is 13.4. The monoisotopic (exact) mass is 344 g/mol. The van der Waals surface area contributed by atoms with Crippen LogP contribution in [0.1, 0.15) is 23.7 Å². The van der Waals surface area contributed by atoms with Crippen LogP contribution in [0.5, 0.6) is 0 Å². The minimum atomic E-state index is -5.13. The molecule has 8 heteroatoms. The quantitative estimate of drug-likeness (QED) is 0.653. The summed E-state index contributed by atoms with van der Waals surface area (Å²) in [6, 6.07) is 7.67. The van der Waals surface area contributed by atoms with Gasteiger partial charge in [-0.05, 0) is 6.92 Å². The SMILES string of the molecule is CC(F)C(F)C(F)(F)C(F)(F)CCSC(=O)c1ccccc1. The third-order valence-corrected chi connectivity index (χ3v) is 3.80. The molecule has 22 heavy (non-hydrogen) atoms. The number of benzene rings is 1. The second-order valence-corrected chi connectivity index (χ2v) is 5.73. The molecule has 0 radical (unpaired) electrons. The van der Waals surface area contributed by atoms with E-state index in [2.05, 4.69) is 0 Å². The average Bonchev–Trinajstić information content (AvgIpc) is 2.46. The van der Waals surface area contributed by atoms with E-state index in [0.717, 1.165) is 0 Å². The maximum atomic E-state index is 13.4. The fraction of sp³-hybridized carbons (Fsp3) is 0.500. The third kappa shape index (κ3) is 4.41. The zero-order valence-corrected chi connectivity index (χ0v) is 12.4. The molecule has 1 nitrogen and oxygen atoms in total. The zero-order valence-electron chi connectivity index (χ0n) is 11.5. The maximum Gasteiger partial charge on any atom is 0.343 e. The molecule has 0 amide bonds. The van der Waals surface area contributed by atoms with Gasteiger partial charge in [-0.15, -0.1) is 0 Å². The first kappa shape index (κ1) is 18.9. The number of hydrogen-bond acceptors (Lipinski definition) is 2. The Balaban J connectivity index is 2.61. The molecule has 0 saturated carbocycles. The van der Waals surface area contributed by atoms with E-state index >= 15 is 0 Å². The summed E-state index contributed by atoms with van der Waals surface area (Å²) in [5, 5.41) is -0.560. The summed E-state index contributed by atoms with van der Waals surface area (Å²) < 4.78 is 78.8. The minimum absolute atomic E-state index is 0.239. The topological polar surface area (TPSA) is 17.1 Å². The summed E-state index contributed by atoms with van der Waals surface area (Å²) in [4.78, 5) is 11.6. The van der Waals surface area contributed by atoms with Gasteiger partial charge in [0, 0.05) is 17.7 Å². The number of carbonyl (C=O) groups is 1. The molecule has 0 saturated heterocycles. The van der Waals surface area contributed by atoms with Gasteiger partial charge >= 0.3 is 11.8 Å². The first-order valence-corrected chi connectivity index (χ1v) is 7.34. The van der Waals surface area contributed by atoms with Gasteiger partial charge in [0.05, 0.1) is 0 Å². The number of alkyl halides is 6. The predicted octanol–water partition coefficient (Wildman–Crippen LogP) is 4.92. The molecule has 0 heterocycles. The van der Waals surface area contributed by atoms with E-state index in [1.807, 2.05) is 0 Å². The Kier molecular flexibility index (Phi) is 6.34. The van der Waals surface area contributed by atoms with E-state index in [1.54, 1.807) is 18.2 Å². The number of hydrogen-bond donors (Lipinski definition) is 0. The van der Waals surface area contributed by atoms with Gasteiger partial charge in [-0.1, -0.05) is 42.1 Å². The molecule has 1 aromatic rings. The average molecular weight is 344 g/mol. The van der Waals surface area contributed by atoms with Crippen LogP contribution in [0.3, 0.4) is 0 Å². The van der Waals surface area contributed by atoms with E-state index in [1.165, 1.54) is 12.1 Å². The van der Waals surface area contributed by atoms with E-state index in [-0.39, 0.29) is 5.56 Å². The van der Waals surface area contributed by atoms with E-state index in [9.17, 15) is 31.1 Å². The lowest BCUT2D eigenvalue weighted by molar-refractivity contribution is -0.247. The van der Waals surface area contributed by atoms with Crippen LogP contribution in [0.25, 0.3) is 0 Å². The van der Waals surface area contributed by atoms with Crippen LogP contribution < -0.4 is 0 Å². The fourth-order valence-electron chi connectivity index (χ4n) is 1.59. The summed E-state index contributed by atoms with van der Waals surface area (Å²) in [5.41, 5.74) is 0.239. The highest BCUT2D eigenvalue weighted by Crippen LogP contribution is 2.43. The molecule has 0 aliphatic heterocycles. The Bertz CT molecular complexity index is 491. The van der Waals surface area contributed by atoms with Crippen molar-refractivity contribution in [3.05, 3.63) is 35.9 Å². The highest BCUT2D eigenvalue weighted by molar-refractivity contribution is 8.14. The van der Waals surface area contributed by atoms with E-state index in [4.69, 9.17) is 0 Å². The van der Waals surface area contributed by atoms with Crippen molar-refractivity contribution >= 4 is 16.9 Å². The molecule has 1 rings (SSSR count). The summed E-state index contributed by atoms with van der Waals surface area (Å²) in [6.45, 7) is 0.447. The normalized spacial score (nSPS) is 15.4. The fourth-order valence-corrected chi connectivity index (χ4v) is 2.43. The first-order chi connectivity index (χ1) is 10.1. The Morgan fingerprint density at radius 3 is 2.18 bits per heavy atom. The highest BCUT2D eigenvalue weighted by Gasteiger charge is 2.62. The predicted molar refractivity (Wildman–Crippen MR) is 73.2 cm³/mol. The number of thioether (sulfide) groups is 1. The standard InChI is InChI=1S/C14H14F6OS/c1-9(15)11(16)14(19,20)13(17,18)7-8-22-12(21)10-5-3-2-4-6-10/h2-6,9,11H,7-8H2,1H3. The molecule has 2 atom stereocenters. The molecule has 124 valence electrons. The van der Waals surface area contributed by atoms with E-state index < -0.39 is 41.5 Å². The molecule has 0 spiro atoms. The Morgan fingerprint density at radius 2 is 1.68 bits per heavy atom. The molecular formula is C14H14F6OS. The Labute approximate surface area is 128 Å². The van der Waals surface area contributed by atoms with Crippen molar-refractivity contribution in [3.63, 3.8) is 0 Å². The van der Waals surface area contributed by atoms with Gasteiger partial charge in [0.15, 0.2) is 0 Å². The molecule has 2 unspecified atom stereocenters. The zero-order chi connectivity index (χ0) is 17.0. The van der Waals surface area contributed by atoms with Gasteiger partial charge in [-0.2, -0.15) is 17.6 Å². The van der Waals surface area contributed by atoms with Gasteiger partial charge in [-0.3, -0.25) is 4.79 Å². The molecule has 0 aromatic heterocycles. The van der Waals surface area contributed by atoms with Gasteiger partial charge in [-0.25, -0.2) is 8.78 Å². The van der Waals surface area contributed by atoms with Crippen LogP contribution in [0.4, 0.5) is 26.3 Å². The molecule has 0 aliphatic carbocycles. The number of carbonyl (C=O) groups excluding carboxylic acids is 1. The highest BCUT2D eigenvalue weighted by atomic mass is 32.2. The number of halogens is 6. The third-order valence-electron chi connectivity index (χ3n) is 2.90. The van der Waals surface area contributed by atoms with Crippen LogP contribution in [0.2, 0.25) is 0 Å². The van der Waals surface area contributed by atoms with Gasteiger partial charge in [0.2, 0.25) is 11.3 Å². The van der Waals surface area contributed by atoms with Crippen molar-refractivity contribution in [2.24, 2.45) is 0 Å². The van der Waals surface area contributed by atoms with Crippen molar-refractivity contribution in [1.29, 1.82) is 0 Å². The van der Waals surface area contributed by atoms with Crippen molar-refractivity contribution < 1.29 is 31.1 Å². The lowest BCUT2D eigenvalue weighted by atomic mass is 10.0. The van der Waals surface area contributed by atoms with Crippen LogP contribution in [-0.2, 0) is 0 Å². The van der Waals surface area contributed by atoms with Crippen molar-refractivity contribution in [1.82, 2.24) is 0 Å². The first-order valence-electron chi connectivity index (χ1n) is 6.35. The van der Waals surface area contributed by atoms with E-state index in [0.29, 0.717) is 18.7 Å². The van der Waals surface area contributed by atoms with Crippen molar-refractivity contribution in [3.8, 4) is 0 Å². The van der Waals surface area contributed by atoms with Gasteiger partial charge in [0.1, 0.15) is 6.17 Å². The Hall–Kier alpha value is -1.18. The number of rotatable bonds is 7. The summed E-state index contributed by atoms with van der Waals surface area (Å²) in [6.07, 6.45) is -7.76. The van der Waals surface area contributed by atoms with Crippen LogP contribution in [0, 0.1) is 0 Å². The summed E-state index contributed by atoms with van der Waals surface area (Å²) in [7, 11) is 0. The second-order valence-electron chi connectivity index (χ2n) is 4.66. The summed E-state index contributed by atoms with van der Waals surface area (Å²) >= 11 is 0.424. The van der Waals surface area contributed by atoms with Gasteiger partial charge in [0.25, 0.3) is 0 Å². The van der Waals surface area contributed by atoms with Crippen molar-refractivity contribution in [2.75, 3.05) is 5.75 Å². The molecular weight excluding hydrogens is 330 g/mol. The molecule has 1 aromatic carbocycles. The van der Waals surface area contributed by atoms with Gasteiger partial charge < -0.3 is 0 Å². The summed E-state index contributed by atoms with van der Waals surface area (Å²) in [5.74, 6) is -10.5. The lowest BCUT2D eigenvalue weighted by Gasteiger charge is -2.29. The second kappa shape index (κ2) is 7.39. The molecule has 0 bridgehead atoms. The Morgan fingerprint density at radius 1 is 1.14 bits per heavy atom. The molecule has 0 fully saturated rings. The van der Waals surface area contributed by atoms with Crippen LogP contribution in [-0.4, -0.2) is 35.1 Å². The minimum Gasteiger partial charge on any atom is -0.282 e. The lowest BCUT2D eigenvalue weighted by Crippen LogP contribution is -2.51. The van der Waals surface area contributed by atoms with Crippen LogP contribution in [0.15, 0.2) is 30.3 Å². The van der Waals surface area contributed by atoms with Crippen molar-refractivity contribution in [2.45, 2.75) is 37.5 Å². The molecule has 0 aliphatic rings. The largest absolute Gasteiger partial charge is 0.343 e. The smallest absolute Gasteiger partial charge is 0.282 e. The van der Waals surface area contributed by atoms with Crippen LogP contribution >= 0.6 is 11.8 Å².